The van der Waals surface area contributed by atoms with E-state index in [1.807, 2.05) is 91.9 Å². The van der Waals surface area contributed by atoms with Gasteiger partial charge in [-0.2, -0.15) is 0 Å². The van der Waals surface area contributed by atoms with Crippen LogP contribution in [0.4, 0.5) is 5.95 Å². The first kappa shape index (κ1) is 18.2. The summed E-state index contributed by atoms with van der Waals surface area (Å²) in [5, 5.41) is 3.42. The summed E-state index contributed by atoms with van der Waals surface area (Å²) < 4.78 is 7.60. The van der Waals surface area contributed by atoms with Crippen LogP contribution in [0.2, 0.25) is 0 Å². The molecule has 5 nitrogen and oxygen atoms in total. The maximum absolute atomic E-state index is 13.3. The van der Waals surface area contributed by atoms with Gasteiger partial charge in [0.05, 0.1) is 35.0 Å². The lowest BCUT2D eigenvalue weighted by atomic mass is 9.92. The highest BCUT2D eigenvalue weighted by atomic mass is 16.5. The molecule has 30 heavy (non-hydrogen) atoms. The van der Waals surface area contributed by atoms with Gasteiger partial charge in [0, 0.05) is 0 Å². The average molecular weight is 395 g/mol. The number of hydrogen-bond acceptors (Lipinski definition) is 4. The molecule has 0 amide bonds. The van der Waals surface area contributed by atoms with Gasteiger partial charge in [0.15, 0.2) is 0 Å². The van der Waals surface area contributed by atoms with Crippen molar-refractivity contribution in [2.75, 3.05) is 11.9 Å². The number of carbonyl (C=O) groups excluding carboxylic acids is 1. The molecule has 0 bridgehead atoms. The van der Waals surface area contributed by atoms with Gasteiger partial charge in [-0.3, -0.25) is 4.57 Å². The van der Waals surface area contributed by atoms with Crippen molar-refractivity contribution in [1.82, 2.24) is 9.55 Å². The predicted octanol–water partition coefficient (Wildman–Crippen LogP) is 5.03. The highest BCUT2D eigenvalue weighted by molar-refractivity contribution is 6.03. The summed E-state index contributed by atoms with van der Waals surface area (Å²) in [5.74, 6) is 0.373. The van der Waals surface area contributed by atoms with Crippen LogP contribution in [0.5, 0.6) is 0 Å². The zero-order valence-electron chi connectivity index (χ0n) is 16.6. The van der Waals surface area contributed by atoms with E-state index in [0.29, 0.717) is 18.1 Å². The lowest BCUT2D eigenvalue weighted by Gasteiger charge is -2.31. The van der Waals surface area contributed by atoms with Gasteiger partial charge in [-0.05, 0) is 30.2 Å². The zero-order valence-corrected chi connectivity index (χ0v) is 16.6. The first-order valence-corrected chi connectivity index (χ1v) is 10.0. The summed E-state index contributed by atoms with van der Waals surface area (Å²) in [5.41, 5.74) is 5.05. The third-order valence-corrected chi connectivity index (χ3v) is 5.31. The molecular weight excluding hydrogens is 374 g/mol. The number of para-hydroxylation sites is 2. The molecular formula is C25H21N3O2. The van der Waals surface area contributed by atoms with Crippen LogP contribution in [0.1, 0.15) is 24.1 Å². The van der Waals surface area contributed by atoms with Crippen LogP contribution in [-0.2, 0) is 9.53 Å². The van der Waals surface area contributed by atoms with Gasteiger partial charge >= 0.3 is 5.97 Å². The number of nitrogens with one attached hydrogen (secondary N) is 1. The molecule has 0 unspecified atom stereocenters. The molecule has 2 heterocycles. The van der Waals surface area contributed by atoms with Crippen LogP contribution in [0.25, 0.3) is 16.7 Å². The van der Waals surface area contributed by atoms with Crippen molar-refractivity contribution in [2.24, 2.45) is 0 Å². The summed E-state index contributed by atoms with van der Waals surface area (Å²) >= 11 is 0. The summed E-state index contributed by atoms with van der Waals surface area (Å²) in [6.07, 6.45) is 0. The molecule has 4 aromatic rings. The molecule has 148 valence electrons. The Morgan fingerprint density at radius 2 is 1.63 bits per heavy atom. The first-order chi connectivity index (χ1) is 14.8. The van der Waals surface area contributed by atoms with Crippen molar-refractivity contribution >= 4 is 28.6 Å². The van der Waals surface area contributed by atoms with E-state index in [-0.39, 0.29) is 12.0 Å². The summed E-state index contributed by atoms with van der Waals surface area (Å²) in [6, 6.07) is 27.5. The van der Waals surface area contributed by atoms with Gasteiger partial charge in [-0.1, -0.05) is 72.8 Å². The second-order valence-electron chi connectivity index (χ2n) is 7.11. The summed E-state index contributed by atoms with van der Waals surface area (Å²) in [6.45, 7) is 2.13. The largest absolute Gasteiger partial charge is 0.463 e. The molecule has 1 aliphatic rings. The van der Waals surface area contributed by atoms with E-state index >= 15 is 0 Å². The van der Waals surface area contributed by atoms with E-state index in [2.05, 4.69) is 9.88 Å². The Hall–Kier alpha value is -3.86. The third-order valence-electron chi connectivity index (χ3n) is 5.31. The highest BCUT2D eigenvalue weighted by Gasteiger charge is 2.36. The van der Waals surface area contributed by atoms with Crippen molar-refractivity contribution in [2.45, 2.75) is 13.0 Å². The second-order valence-corrected chi connectivity index (χ2v) is 7.11. The topological polar surface area (TPSA) is 56.1 Å². The minimum Gasteiger partial charge on any atom is -0.463 e. The molecule has 0 radical (unpaired) electrons. The van der Waals surface area contributed by atoms with Gasteiger partial charge < -0.3 is 10.1 Å². The standard InChI is InChI=1S/C25H21N3O2/c1-2-30-24(29)21-22(17-11-5-3-6-12-17)27-25-26-19-15-9-10-16-20(19)28(25)23(21)18-13-7-4-8-14-18/h3-16,23H,2H2,1H3,(H,26,27)/t23-/m0/s1. The Kier molecular flexibility index (Phi) is 4.56. The number of imidazole rings is 1. The second kappa shape index (κ2) is 7.52. The van der Waals surface area contributed by atoms with Crippen LogP contribution in [0, 0.1) is 0 Å². The molecule has 0 saturated heterocycles. The Morgan fingerprint density at radius 3 is 2.37 bits per heavy atom. The smallest absolute Gasteiger partial charge is 0.338 e. The third kappa shape index (κ3) is 2.95. The SMILES string of the molecule is CCOC(=O)C1=C(c2ccccc2)Nc2nc3ccccc3n2[C@H]1c1ccccc1. The molecule has 3 aromatic carbocycles. The van der Waals surface area contributed by atoms with E-state index in [1.54, 1.807) is 0 Å². The predicted molar refractivity (Wildman–Crippen MR) is 118 cm³/mol. The van der Waals surface area contributed by atoms with Crippen molar-refractivity contribution in [1.29, 1.82) is 0 Å². The monoisotopic (exact) mass is 395 g/mol. The number of benzene rings is 3. The number of carbonyl (C=O) groups is 1. The van der Waals surface area contributed by atoms with Gasteiger partial charge in [-0.15, -0.1) is 0 Å². The quantitative estimate of drug-likeness (QED) is 0.493. The number of ether oxygens (including phenoxy) is 1. The van der Waals surface area contributed by atoms with Crippen molar-refractivity contribution in [3.05, 3.63) is 102 Å². The number of esters is 1. The fourth-order valence-electron chi connectivity index (χ4n) is 4.05. The van der Waals surface area contributed by atoms with Crippen LogP contribution < -0.4 is 5.32 Å². The molecule has 0 spiro atoms. The van der Waals surface area contributed by atoms with Gasteiger partial charge in [0.25, 0.3) is 0 Å². The Balaban J connectivity index is 1.83. The number of rotatable bonds is 4. The molecule has 0 saturated carbocycles. The molecule has 1 N–H and O–H groups in total. The Bertz CT molecular complexity index is 1240. The lowest BCUT2D eigenvalue weighted by Crippen LogP contribution is -2.29. The Labute approximate surface area is 174 Å². The maximum atomic E-state index is 13.3. The highest BCUT2D eigenvalue weighted by Crippen LogP contribution is 2.42. The summed E-state index contributed by atoms with van der Waals surface area (Å²) in [7, 11) is 0. The normalized spacial score (nSPS) is 15.6. The molecule has 1 aromatic heterocycles. The zero-order chi connectivity index (χ0) is 20.5. The Morgan fingerprint density at radius 1 is 0.967 bits per heavy atom. The van der Waals surface area contributed by atoms with Crippen LogP contribution in [0.15, 0.2) is 90.5 Å². The minimum absolute atomic E-state index is 0.309. The van der Waals surface area contributed by atoms with E-state index in [4.69, 9.17) is 9.72 Å². The van der Waals surface area contributed by atoms with E-state index < -0.39 is 0 Å². The van der Waals surface area contributed by atoms with Crippen molar-refractivity contribution < 1.29 is 9.53 Å². The number of aromatic nitrogens is 2. The minimum atomic E-state index is -0.357. The van der Waals surface area contributed by atoms with Crippen LogP contribution >= 0.6 is 0 Å². The number of nitrogens with zero attached hydrogens (tertiary/aromatic N) is 2. The molecule has 5 heteroatoms. The first-order valence-electron chi connectivity index (χ1n) is 10.0. The summed E-state index contributed by atoms with van der Waals surface area (Å²) in [4.78, 5) is 18.1. The van der Waals surface area contributed by atoms with E-state index in [9.17, 15) is 4.79 Å². The molecule has 0 fully saturated rings. The van der Waals surface area contributed by atoms with E-state index in [1.165, 1.54) is 0 Å². The fourth-order valence-corrected chi connectivity index (χ4v) is 4.05. The van der Waals surface area contributed by atoms with Crippen molar-refractivity contribution in [3.63, 3.8) is 0 Å². The molecule has 5 rings (SSSR count). The maximum Gasteiger partial charge on any atom is 0.338 e. The van der Waals surface area contributed by atoms with Crippen molar-refractivity contribution in [3.8, 4) is 0 Å². The van der Waals surface area contributed by atoms with Gasteiger partial charge in [0.1, 0.15) is 0 Å². The van der Waals surface area contributed by atoms with E-state index in [0.717, 1.165) is 27.9 Å². The number of hydrogen-bond donors (Lipinski definition) is 1. The molecule has 0 aliphatic carbocycles. The van der Waals surface area contributed by atoms with Crippen LogP contribution in [0.3, 0.4) is 0 Å². The lowest BCUT2D eigenvalue weighted by molar-refractivity contribution is -0.138. The van der Waals surface area contributed by atoms with Gasteiger partial charge in [-0.25, -0.2) is 9.78 Å². The average Bonchev–Trinajstić information content (AvgIpc) is 3.17. The number of anilines is 1. The fraction of sp³-hybridized carbons (Fsp3) is 0.120. The van der Waals surface area contributed by atoms with Crippen LogP contribution in [-0.4, -0.2) is 22.1 Å². The molecule has 1 atom stereocenters. The number of fused-ring (bicyclic) bond motifs is 3. The van der Waals surface area contributed by atoms with Gasteiger partial charge in [0.2, 0.25) is 5.95 Å². The molecule has 1 aliphatic heterocycles.